The monoisotopic (exact) mass is 136 g/mol. The molecular formula is C9H12O. The molecule has 0 aromatic rings. The first-order valence-corrected chi connectivity index (χ1v) is 3.60. The Morgan fingerprint density at radius 1 is 1.40 bits per heavy atom. The minimum absolute atomic E-state index is 0.188. The van der Waals surface area contributed by atoms with Crippen LogP contribution in [0, 0.1) is 0 Å². The van der Waals surface area contributed by atoms with E-state index in [1.165, 1.54) is 0 Å². The van der Waals surface area contributed by atoms with E-state index in [1.54, 1.807) is 6.92 Å². The van der Waals surface area contributed by atoms with Crippen molar-refractivity contribution in [3.63, 3.8) is 0 Å². The summed E-state index contributed by atoms with van der Waals surface area (Å²) in [4.78, 5) is 10.9. The van der Waals surface area contributed by atoms with E-state index in [1.807, 2.05) is 13.0 Å². The number of hydrogen-bond acceptors (Lipinski definition) is 1. The summed E-state index contributed by atoms with van der Waals surface area (Å²) in [5.74, 6) is 0.188. The summed E-state index contributed by atoms with van der Waals surface area (Å²) in [6.07, 6.45) is 6.25. The van der Waals surface area contributed by atoms with E-state index in [-0.39, 0.29) is 5.78 Å². The third-order valence-corrected chi connectivity index (χ3v) is 1.77. The van der Waals surface area contributed by atoms with Gasteiger partial charge in [-0.3, -0.25) is 4.79 Å². The van der Waals surface area contributed by atoms with Crippen molar-refractivity contribution in [2.45, 2.75) is 26.7 Å². The Kier molecular flexibility index (Phi) is 2.05. The van der Waals surface area contributed by atoms with Crippen LogP contribution in [0.3, 0.4) is 0 Å². The van der Waals surface area contributed by atoms with Gasteiger partial charge >= 0.3 is 0 Å². The first-order chi connectivity index (χ1) is 4.72. The standard InChI is InChI=1S/C9H12O/c1-7-5-3-4-6-9(7)8(2)10/h5-6H,3-4H2,1-2H3. The predicted octanol–water partition coefficient (Wildman–Crippen LogP) is 2.24. The van der Waals surface area contributed by atoms with Crippen LogP contribution in [0.15, 0.2) is 23.3 Å². The Morgan fingerprint density at radius 3 is 2.40 bits per heavy atom. The van der Waals surface area contributed by atoms with E-state index >= 15 is 0 Å². The Balaban J connectivity index is 2.84. The van der Waals surface area contributed by atoms with Gasteiger partial charge < -0.3 is 0 Å². The van der Waals surface area contributed by atoms with Gasteiger partial charge in [0.25, 0.3) is 0 Å². The second-order valence-electron chi connectivity index (χ2n) is 2.64. The summed E-state index contributed by atoms with van der Waals surface area (Å²) in [6.45, 7) is 3.61. The van der Waals surface area contributed by atoms with Crippen molar-refractivity contribution in [2.75, 3.05) is 0 Å². The first kappa shape index (κ1) is 7.26. The molecule has 0 radical (unpaired) electrons. The molecule has 1 heteroatoms. The molecule has 0 bridgehead atoms. The van der Waals surface area contributed by atoms with Crippen molar-refractivity contribution < 1.29 is 4.79 Å². The summed E-state index contributed by atoms with van der Waals surface area (Å²) in [7, 11) is 0. The molecule has 0 saturated heterocycles. The molecule has 0 atom stereocenters. The molecule has 1 aliphatic carbocycles. The zero-order valence-electron chi connectivity index (χ0n) is 6.48. The summed E-state index contributed by atoms with van der Waals surface area (Å²) >= 11 is 0. The highest BCUT2D eigenvalue weighted by molar-refractivity contribution is 5.97. The topological polar surface area (TPSA) is 17.1 Å². The molecule has 10 heavy (non-hydrogen) atoms. The van der Waals surface area contributed by atoms with Crippen LogP contribution in [0.1, 0.15) is 26.7 Å². The minimum Gasteiger partial charge on any atom is -0.295 e. The van der Waals surface area contributed by atoms with Gasteiger partial charge in [-0.05, 0) is 32.3 Å². The number of carbonyl (C=O) groups is 1. The lowest BCUT2D eigenvalue weighted by Gasteiger charge is -2.08. The zero-order chi connectivity index (χ0) is 7.56. The maximum atomic E-state index is 10.9. The smallest absolute Gasteiger partial charge is 0.159 e. The Labute approximate surface area is 61.4 Å². The Morgan fingerprint density at radius 2 is 2.00 bits per heavy atom. The highest BCUT2D eigenvalue weighted by atomic mass is 16.1. The number of hydrogen-bond donors (Lipinski definition) is 0. The van der Waals surface area contributed by atoms with Crippen LogP contribution in [-0.2, 0) is 4.79 Å². The third-order valence-electron chi connectivity index (χ3n) is 1.77. The van der Waals surface area contributed by atoms with Gasteiger partial charge in [-0.25, -0.2) is 0 Å². The van der Waals surface area contributed by atoms with Crippen LogP contribution in [-0.4, -0.2) is 5.78 Å². The Bertz CT molecular complexity index is 209. The van der Waals surface area contributed by atoms with E-state index in [0.717, 1.165) is 24.0 Å². The quantitative estimate of drug-likeness (QED) is 0.540. The fraction of sp³-hybridized carbons (Fsp3) is 0.444. The lowest BCUT2D eigenvalue weighted by Crippen LogP contribution is -2.00. The SMILES string of the molecule is CC(=O)C1=CCCC=C1C. The minimum atomic E-state index is 0.188. The second-order valence-corrected chi connectivity index (χ2v) is 2.64. The van der Waals surface area contributed by atoms with E-state index in [0.29, 0.717) is 0 Å². The summed E-state index contributed by atoms with van der Waals surface area (Å²) in [5.41, 5.74) is 2.05. The number of carbonyl (C=O) groups excluding carboxylic acids is 1. The molecule has 0 unspecified atom stereocenters. The number of rotatable bonds is 1. The van der Waals surface area contributed by atoms with Gasteiger partial charge in [0.15, 0.2) is 5.78 Å². The summed E-state index contributed by atoms with van der Waals surface area (Å²) in [5, 5.41) is 0. The average Bonchev–Trinajstić information content (AvgIpc) is 1.88. The molecule has 0 saturated carbocycles. The fourth-order valence-electron chi connectivity index (χ4n) is 1.22. The van der Waals surface area contributed by atoms with Gasteiger partial charge in [0.05, 0.1) is 0 Å². The lowest BCUT2D eigenvalue weighted by atomic mass is 9.97. The van der Waals surface area contributed by atoms with Gasteiger partial charge in [0, 0.05) is 5.57 Å². The fourth-order valence-corrected chi connectivity index (χ4v) is 1.22. The molecule has 0 heterocycles. The van der Waals surface area contributed by atoms with E-state index in [2.05, 4.69) is 6.08 Å². The van der Waals surface area contributed by atoms with Crippen molar-refractivity contribution in [1.82, 2.24) is 0 Å². The molecule has 0 amide bonds. The molecule has 0 spiro atoms. The highest BCUT2D eigenvalue weighted by Crippen LogP contribution is 2.18. The van der Waals surface area contributed by atoms with Crippen LogP contribution in [0.5, 0.6) is 0 Å². The Hall–Kier alpha value is -0.850. The van der Waals surface area contributed by atoms with Crippen LogP contribution in [0.25, 0.3) is 0 Å². The van der Waals surface area contributed by atoms with Gasteiger partial charge in [-0.2, -0.15) is 0 Å². The molecule has 54 valence electrons. The van der Waals surface area contributed by atoms with Gasteiger partial charge in [0.1, 0.15) is 0 Å². The van der Waals surface area contributed by atoms with Crippen molar-refractivity contribution in [2.24, 2.45) is 0 Å². The van der Waals surface area contributed by atoms with E-state index in [9.17, 15) is 4.79 Å². The maximum absolute atomic E-state index is 10.9. The molecule has 1 nitrogen and oxygen atoms in total. The van der Waals surface area contributed by atoms with Crippen molar-refractivity contribution in [3.05, 3.63) is 23.3 Å². The molecule has 1 rings (SSSR count). The van der Waals surface area contributed by atoms with E-state index < -0.39 is 0 Å². The largest absolute Gasteiger partial charge is 0.295 e. The normalized spacial score (nSPS) is 17.8. The van der Waals surface area contributed by atoms with E-state index in [4.69, 9.17) is 0 Å². The number of allylic oxidation sites excluding steroid dienone is 4. The van der Waals surface area contributed by atoms with Crippen molar-refractivity contribution in [1.29, 1.82) is 0 Å². The first-order valence-electron chi connectivity index (χ1n) is 3.60. The van der Waals surface area contributed by atoms with Crippen molar-refractivity contribution in [3.8, 4) is 0 Å². The third kappa shape index (κ3) is 1.35. The lowest BCUT2D eigenvalue weighted by molar-refractivity contribution is -0.113. The number of ketones is 1. The van der Waals surface area contributed by atoms with Gasteiger partial charge in [0.2, 0.25) is 0 Å². The van der Waals surface area contributed by atoms with Crippen molar-refractivity contribution >= 4 is 5.78 Å². The van der Waals surface area contributed by atoms with Crippen LogP contribution in [0.4, 0.5) is 0 Å². The molecule has 1 aliphatic rings. The highest BCUT2D eigenvalue weighted by Gasteiger charge is 2.07. The average molecular weight is 136 g/mol. The molecule has 0 aliphatic heterocycles. The van der Waals surface area contributed by atoms with Crippen LogP contribution in [0.2, 0.25) is 0 Å². The van der Waals surface area contributed by atoms with Gasteiger partial charge in [-0.15, -0.1) is 0 Å². The van der Waals surface area contributed by atoms with Crippen LogP contribution >= 0.6 is 0 Å². The molecule has 0 aromatic carbocycles. The predicted molar refractivity (Wildman–Crippen MR) is 41.8 cm³/mol. The maximum Gasteiger partial charge on any atom is 0.159 e. The summed E-state index contributed by atoms with van der Waals surface area (Å²) in [6, 6.07) is 0. The summed E-state index contributed by atoms with van der Waals surface area (Å²) < 4.78 is 0. The second kappa shape index (κ2) is 2.82. The zero-order valence-corrected chi connectivity index (χ0v) is 6.48. The number of Topliss-reactive ketones (excluding diaryl/α,β-unsaturated/α-hetero) is 1. The molecule has 0 aromatic heterocycles. The molecule has 0 fully saturated rings. The van der Waals surface area contributed by atoms with Gasteiger partial charge in [-0.1, -0.05) is 12.2 Å². The van der Waals surface area contributed by atoms with Crippen LogP contribution < -0.4 is 0 Å². The molecule has 0 N–H and O–H groups in total. The molecular weight excluding hydrogens is 124 g/mol.